The number of nitrogens with zero attached hydrogens (tertiary/aromatic N) is 1. The highest BCUT2D eigenvalue weighted by atomic mass is 79.9. The maximum atomic E-state index is 12.3. The highest BCUT2D eigenvalue weighted by molar-refractivity contribution is 9.10. The summed E-state index contributed by atoms with van der Waals surface area (Å²) in [5.41, 5.74) is 1.40. The second kappa shape index (κ2) is 5.71. The number of anilines is 1. The smallest absolute Gasteiger partial charge is 0.263 e. The van der Waals surface area contributed by atoms with Gasteiger partial charge in [0.05, 0.1) is 10.7 Å². The monoisotopic (exact) mass is 374 g/mol. The molecule has 0 saturated heterocycles. The summed E-state index contributed by atoms with van der Waals surface area (Å²) in [6.45, 7) is 3.53. The van der Waals surface area contributed by atoms with Crippen LogP contribution in [0.1, 0.15) is 11.3 Å². The van der Waals surface area contributed by atoms with Crippen LogP contribution < -0.4 is 4.72 Å². The number of sulfonamides is 1. The molecule has 0 amide bonds. The lowest BCUT2D eigenvalue weighted by Gasteiger charge is -2.10. The van der Waals surface area contributed by atoms with Gasteiger partial charge in [0.25, 0.3) is 10.0 Å². The molecular formula is C13H12BrClN2O2S. The lowest BCUT2D eigenvalue weighted by molar-refractivity contribution is 0.601. The van der Waals surface area contributed by atoms with Crippen molar-refractivity contribution in [3.8, 4) is 0 Å². The van der Waals surface area contributed by atoms with Crippen LogP contribution in [-0.2, 0) is 10.0 Å². The molecule has 0 aliphatic carbocycles. The largest absolute Gasteiger partial charge is 0.264 e. The SMILES string of the molecule is Cc1cccc(S(=O)(=O)Nc2ccc(Br)c(C)n2)c1Cl. The molecule has 20 heavy (non-hydrogen) atoms. The van der Waals surface area contributed by atoms with Gasteiger partial charge in [0, 0.05) is 4.47 Å². The fourth-order valence-electron chi connectivity index (χ4n) is 1.62. The minimum Gasteiger partial charge on any atom is -0.263 e. The summed E-state index contributed by atoms with van der Waals surface area (Å²) in [5, 5.41) is 0.217. The van der Waals surface area contributed by atoms with E-state index in [0.717, 1.165) is 4.47 Å². The Morgan fingerprint density at radius 1 is 1.20 bits per heavy atom. The first kappa shape index (κ1) is 15.3. The molecule has 0 bridgehead atoms. The lowest BCUT2D eigenvalue weighted by Crippen LogP contribution is -2.15. The molecule has 106 valence electrons. The van der Waals surface area contributed by atoms with Crippen LogP contribution in [-0.4, -0.2) is 13.4 Å². The van der Waals surface area contributed by atoms with Gasteiger partial charge >= 0.3 is 0 Å². The van der Waals surface area contributed by atoms with Crippen LogP contribution >= 0.6 is 27.5 Å². The molecule has 1 aromatic carbocycles. The maximum absolute atomic E-state index is 12.3. The molecule has 1 N–H and O–H groups in total. The Morgan fingerprint density at radius 2 is 1.90 bits per heavy atom. The van der Waals surface area contributed by atoms with E-state index in [1.54, 1.807) is 38.1 Å². The van der Waals surface area contributed by atoms with E-state index in [9.17, 15) is 8.42 Å². The Kier molecular flexibility index (Phi) is 4.36. The van der Waals surface area contributed by atoms with E-state index >= 15 is 0 Å². The molecule has 1 heterocycles. The molecule has 2 aromatic rings. The van der Waals surface area contributed by atoms with Crippen LogP contribution in [0.25, 0.3) is 0 Å². The first-order chi connectivity index (χ1) is 9.31. The van der Waals surface area contributed by atoms with Crippen molar-refractivity contribution < 1.29 is 8.42 Å². The third-order valence-corrected chi connectivity index (χ3v) is 5.56. The van der Waals surface area contributed by atoms with Gasteiger partial charge in [0.2, 0.25) is 0 Å². The fourth-order valence-corrected chi connectivity index (χ4v) is 3.43. The van der Waals surface area contributed by atoms with Crippen LogP contribution in [0.3, 0.4) is 0 Å². The number of nitrogens with one attached hydrogen (secondary N) is 1. The summed E-state index contributed by atoms with van der Waals surface area (Å²) < 4.78 is 27.9. The van der Waals surface area contributed by atoms with Crippen molar-refractivity contribution in [3.05, 3.63) is 51.1 Å². The number of rotatable bonds is 3. The highest BCUT2D eigenvalue weighted by Crippen LogP contribution is 2.26. The van der Waals surface area contributed by atoms with E-state index in [1.807, 2.05) is 0 Å². The predicted molar refractivity (Wildman–Crippen MR) is 83.7 cm³/mol. The van der Waals surface area contributed by atoms with Crippen molar-refractivity contribution >= 4 is 43.4 Å². The zero-order valence-electron chi connectivity index (χ0n) is 10.8. The van der Waals surface area contributed by atoms with Crippen LogP contribution in [0.4, 0.5) is 5.82 Å². The average Bonchev–Trinajstić information content (AvgIpc) is 2.36. The lowest BCUT2D eigenvalue weighted by atomic mass is 10.2. The summed E-state index contributed by atoms with van der Waals surface area (Å²) in [5.74, 6) is 0.253. The van der Waals surface area contributed by atoms with Gasteiger partial charge in [0.15, 0.2) is 0 Å². The second-order valence-corrected chi connectivity index (χ2v) is 7.14. The summed E-state index contributed by atoms with van der Waals surface area (Å²) in [4.78, 5) is 4.20. The summed E-state index contributed by atoms with van der Waals surface area (Å²) in [7, 11) is -3.76. The average molecular weight is 376 g/mol. The Balaban J connectivity index is 2.41. The van der Waals surface area contributed by atoms with E-state index in [4.69, 9.17) is 11.6 Å². The van der Waals surface area contributed by atoms with Crippen LogP contribution in [0.15, 0.2) is 39.7 Å². The first-order valence-corrected chi connectivity index (χ1v) is 8.38. The number of aryl methyl sites for hydroxylation is 2. The van der Waals surface area contributed by atoms with Gasteiger partial charge in [-0.1, -0.05) is 23.7 Å². The topological polar surface area (TPSA) is 59.1 Å². The summed E-state index contributed by atoms with van der Waals surface area (Å²) in [6, 6.07) is 8.18. The van der Waals surface area contributed by atoms with Crippen molar-refractivity contribution in [1.82, 2.24) is 4.98 Å². The van der Waals surface area contributed by atoms with E-state index < -0.39 is 10.0 Å². The standard InChI is InChI=1S/C13H12BrClN2O2S/c1-8-4-3-5-11(13(8)15)20(18,19)17-12-7-6-10(14)9(2)16-12/h3-7H,1-2H3,(H,16,17). The number of aromatic nitrogens is 1. The quantitative estimate of drug-likeness (QED) is 0.884. The summed E-state index contributed by atoms with van der Waals surface area (Å²) >= 11 is 9.37. The molecule has 0 unspecified atom stereocenters. The number of hydrogen-bond acceptors (Lipinski definition) is 3. The second-order valence-electron chi connectivity index (χ2n) is 4.26. The van der Waals surface area contributed by atoms with E-state index in [2.05, 4.69) is 25.6 Å². The number of halogens is 2. The van der Waals surface area contributed by atoms with E-state index in [-0.39, 0.29) is 15.7 Å². The molecule has 0 saturated carbocycles. The number of pyridine rings is 1. The first-order valence-electron chi connectivity index (χ1n) is 5.72. The molecule has 1 aromatic heterocycles. The Labute approximate surface area is 131 Å². The minimum atomic E-state index is -3.76. The van der Waals surface area contributed by atoms with Crippen molar-refractivity contribution in [3.63, 3.8) is 0 Å². The Morgan fingerprint density at radius 3 is 2.55 bits per heavy atom. The molecule has 4 nitrogen and oxygen atoms in total. The molecule has 0 aliphatic rings. The molecule has 7 heteroatoms. The zero-order valence-corrected chi connectivity index (χ0v) is 14.0. The van der Waals surface area contributed by atoms with Gasteiger partial charge in [-0.15, -0.1) is 0 Å². The van der Waals surface area contributed by atoms with Gasteiger partial charge in [0.1, 0.15) is 10.7 Å². The van der Waals surface area contributed by atoms with Gasteiger partial charge < -0.3 is 0 Å². The van der Waals surface area contributed by atoms with E-state index in [0.29, 0.717) is 11.3 Å². The van der Waals surface area contributed by atoms with Gasteiger partial charge in [-0.3, -0.25) is 4.72 Å². The highest BCUT2D eigenvalue weighted by Gasteiger charge is 2.19. The Bertz CT molecular complexity index is 763. The van der Waals surface area contributed by atoms with Gasteiger partial charge in [-0.05, 0) is 53.5 Å². The minimum absolute atomic E-state index is 0.0431. The molecule has 0 spiro atoms. The molecule has 0 aliphatic heterocycles. The third-order valence-electron chi connectivity index (χ3n) is 2.71. The van der Waals surface area contributed by atoms with Crippen LogP contribution in [0, 0.1) is 13.8 Å². The maximum Gasteiger partial charge on any atom is 0.264 e. The normalized spacial score (nSPS) is 11.4. The molecule has 0 atom stereocenters. The van der Waals surface area contributed by atoms with Crippen LogP contribution in [0.5, 0.6) is 0 Å². The van der Waals surface area contributed by atoms with Crippen molar-refractivity contribution in [2.45, 2.75) is 18.7 Å². The molecule has 0 radical (unpaired) electrons. The van der Waals surface area contributed by atoms with Gasteiger partial charge in [-0.25, -0.2) is 13.4 Å². The number of hydrogen-bond donors (Lipinski definition) is 1. The Hall–Kier alpha value is -1.11. The fraction of sp³-hybridized carbons (Fsp3) is 0.154. The molecule has 0 fully saturated rings. The van der Waals surface area contributed by atoms with E-state index in [1.165, 1.54) is 6.07 Å². The van der Waals surface area contributed by atoms with Crippen molar-refractivity contribution in [1.29, 1.82) is 0 Å². The zero-order chi connectivity index (χ0) is 14.9. The molecular weight excluding hydrogens is 364 g/mol. The van der Waals surface area contributed by atoms with Crippen molar-refractivity contribution in [2.24, 2.45) is 0 Å². The summed E-state index contributed by atoms with van der Waals surface area (Å²) in [6.07, 6.45) is 0. The third kappa shape index (κ3) is 3.13. The predicted octanol–water partition coefficient (Wildman–Crippen LogP) is 3.92. The molecule has 2 rings (SSSR count). The number of benzene rings is 1. The van der Waals surface area contributed by atoms with Crippen molar-refractivity contribution in [2.75, 3.05) is 4.72 Å². The van der Waals surface area contributed by atoms with Crippen LogP contribution in [0.2, 0.25) is 5.02 Å². The van der Waals surface area contributed by atoms with Gasteiger partial charge in [-0.2, -0.15) is 0 Å².